The lowest BCUT2D eigenvalue weighted by Gasteiger charge is -2.02. The third kappa shape index (κ3) is 3.80. The van der Waals surface area contributed by atoms with Crippen molar-refractivity contribution in [1.29, 1.82) is 0 Å². The lowest BCUT2D eigenvalue weighted by atomic mass is 10.1. The number of nitrogens with zero attached hydrogens (tertiary/aromatic N) is 1. The number of thiazole rings is 1. The summed E-state index contributed by atoms with van der Waals surface area (Å²) in [4.78, 5) is 29.8. The second-order valence-corrected chi connectivity index (χ2v) is 7.35. The number of fused-ring (bicyclic) bond motifs is 1. The van der Waals surface area contributed by atoms with Crippen LogP contribution in [0.2, 0.25) is 0 Å². The van der Waals surface area contributed by atoms with Crippen molar-refractivity contribution in [3.05, 3.63) is 92.8 Å². The average molecular weight is 376 g/mol. The fourth-order valence-corrected chi connectivity index (χ4v) is 3.58. The molecule has 0 atom stereocenters. The van der Waals surface area contributed by atoms with E-state index in [9.17, 15) is 9.59 Å². The minimum Gasteiger partial charge on any atom is -0.422 e. The highest BCUT2D eigenvalue weighted by molar-refractivity contribution is 7.15. The van der Waals surface area contributed by atoms with Crippen LogP contribution in [-0.2, 0) is 6.42 Å². The molecule has 0 aliphatic carbocycles. The molecule has 2 aromatic carbocycles. The number of carbonyl (C=O) groups is 1. The molecule has 0 bridgehead atoms. The number of para-hydroxylation sites is 1. The molecule has 134 valence electrons. The van der Waals surface area contributed by atoms with Gasteiger partial charge in [0.1, 0.15) is 11.1 Å². The van der Waals surface area contributed by atoms with Gasteiger partial charge in [-0.25, -0.2) is 9.78 Å². The van der Waals surface area contributed by atoms with Gasteiger partial charge < -0.3 is 4.42 Å². The highest BCUT2D eigenvalue weighted by atomic mass is 32.1. The Bertz CT molecular complexity index is 1180. The number of hydrogen-bond acceptors (Lipinski definition) is 5. The Hall–Kier alpha value is -3.25. The molecule has 2 aromatic heterocycles. The highest BCUT2D eigenvalue weighted by Gasteiger charge is 2.15. The number of anilines is 1. The van der Waals surface area contributed by atoms with E-state index in [0.717, 1.165) is 11.3 Å². The topological polar surface area (TPSA) is 72.2 Å². The van der Waals surface area contributed by atoms with E-state index < -0.39 is 11.5 Å². The molecule has 4 rings (SSSR count). The lowest BCUT2D eigenvalue weighted by molar-refractivity contribution is 0.102. The summed E-state index contributed by atoms with van der Waals surface area (Å²) in [7, 11) is 0. The largest absolute Gasteiger partial charge is 0.422 e. The van der Waals surface area contributed by atoms with Gasteiger partial charge >= 0.3 is 5.63 Å². The van der Waals surface area contributed by atoms with Gasteiger partial charge in [-0.2, -0.15) is 0 Å². The number of aromatic nitrogens is 1. The van der Waals surface area contributed by atoms with Gasteiger partial charge in [0, 0.05) is 22.9 Å². The van der Waals surface area contributed by atoms with Crippen LogP contribution in [0.3, 0.4) is 0 Å². The average Bonchev–Trinajstić information content (AvgIpc) is 3.09. The smallest absolute Gasteiger partial charge is 0.349 e. The zero-order valence-electron chi connectivity index (χ0n) is 14.6. The van der Waals surface area contributed by atoms with Gasteiger partial charge in [-0.1, -0.05) is 48.0 Å². The minimum atomic E-state index is -0.664. The van der Waals surface area contributed by atoms with E-state index in [1.54, 1.807) is 24.4 Å². The van der Waals surface area contributed by atoms with Crippen LogP contribution in [0.5, 0.6) is 0 Å². The van der Waals surface area contributed by atoms with Crippen LogP contribution in [0, 0.1) is 6.92 Å². The summed E-state index contributed by atoms with van der Waals surface area (Å²) in [6, 6.07) is 16.9. The molecular formula is C21H16N2O3S. The third-order valence-electron chi connectivity index (χ3n) is 4.16. The lowest BCUT2D eigenvalue weighted by Crippen LogP contribution is -2.20. The maximum Gasteiger partial charge on any atom is 0.349 e. The molecule has 1 N–H and O–H groups in total. The molecule has 0 fully saturated rings. The second kappa shape index (κ2) is 7.17. The van der Waals surface area contributed by atoms with E-state index in [0.29, 0.717) is 16.1 Å². The highest BCUT2D eigenvalue weighted by Crippen LogP contribution is 2.22. The monoisotopic (exact) mass is 376 g/mol. The Balaban J connectivity index is 1.52. The number of nitrogens with one attached hydrogen (secondary N) is 1. The standard InChI is InChI=1S/C21H16N2O3S/c1-13-6-8-14(9-7-13)10-16-12-22-21(27-16)23-19(24)17-11-15-4-2-3-5-18(15)26-20(17)25/h2-9,11-12H,10H2,1H3,(H,22,23,24). The fraction of sp³-hybridized carbons (Fsp3) is 0.0952. The minimum absolute atomic E-state index is 0.0380. The predicted molar refractivity (Wildman–Crippen MR) is 107 cm³/mol. The molecule has 0 saturated heterocycles. The van der Waals surface area contributed by atoms with Crippen molar-refractivity contribution in [2.75, 3.05) is 5.32 Å². The molecule has 0 aliphatic heterocycles. The fourth-order valence-electron chi connectivity index (χ4n) is 2.74. The van der Waals surface area contributed by atoms with Crippen LogP contribution in [0.15, 0.2) is 70.0 Å². The Labute approximate surface area is 159 Å². The van der Waals surface area contributed by atoms with E-state index in [1.165, 1.54) is 28.5 Å². The molecule has 1 amide bonds. The number of amides is 1. The third-order valence-corrected chi connectivity index (χ3v) is 5.07. The van der Waals surface area contributed by atoms with Crippen molar-refractivity contribution in [1.82, 2.24) is 4.98 Å². The van der Waals surface area contributed by atoms with Gasteiger partial charge in [-0.15, -0.1) is 11.3 Å². The van der Waals surface area contributed by atoms with E-state index in [-0.39, 0.29) is 5.56 Å². The van der Waals surface area contributed by atoms with Gasteiger partial charge in [0.15, 0.2) is 5.13 Å². The Morgan fingerprint density at radius 1 is 1.15 bits per heavy atom. The summed E-state index contributed by atoms with van der Waals surface area (Å²) in [6.45, 7) is 2.05. The first-order chi connectivity index (χ1) is 13.1. The molecular weight excluding hydrogens is 360 g/mol. The molecule has 0 aliphatic rings. The van der Waals surface area contributed by atoms with Crippen molar-refractivity contribution < 1.29 is 9.21 Å². The van der Waals surface area contributed by atoms with Gasteiger partial charge in [0.2, 0.25) is 0 Å². The molecule has 6 heteroatoms. The van der Waals surface area contributed by atoms with Crippen molar-refractivity contribution in [3.63, 3.8) is 0 Å². The van der Waals surface area contributed by atoms with E-state index in [1.807, 2.05) is 13.0 Å². The van der Waals surface area contributed by atoms with Gasteiger partial charge in [-0.3, -0.25) is 10.1 Å². The van der Waals surface area contributed by atoms with E-state index in [4.69, 9.17) is 4.42 Å². The van der Waals surface area contributed by atoms with Crippen molar-refractivity contribution in [2.24, 2.45) is 0 Å². The van der Waals surface area contributed by atoms with Crippen molar-refractivity contribution >= 4 is 33.3 Å². The summed E-state index contributed by atoms with van der Waals surface area (Å²) in [5, 5.41) is 3.84. The van der Waals surface area contributed by atoms with Gasteiger partial charge in [0.05, 0.1) is 0 Å². The zero-order chi connectivity index (χ0) is 18.8. The van der Waals surface area contributed by atoms with Crippen LogP contribution < -0.4 is 10.9 Å². The van der Waals surface area contributed by atoms with Crippen LogP contribution in [0.4, 0.5) is 5.13 Å². The van der Waals surface area contributed by atoms with Crippen LogP contribution in [0.1, 0.15) is 26.4 Å². The van der Waals surface area contributed by atoms with Crippen molar-refractivity contribution in [2.45, 2.75) is 13.3 Å². The van der Waals surface area contributed by atoms with Gasteiger partial charge in [0.25, 0.3) is 5.91 Å². The normalized spacial score (nSPS) is 10.9. The SMILES string of the molecule is Cc1ccc(Cc2cnc(NC(=O)c3cc4ccccc4oc3=O)s2)cc1. The first-order valence-electron chi connectivity index (χ1n) is 8.43. The zero-order valence-corrected chi connectivity index (χ0v) is 15.4. The number of aryl methyl sites for hydroxylation is 1. The van der Waals surface area contributed by atoms with E-state index >= 15 is 0 Å². The summed E-state index contributed by atoms with van der Waals surface area (Å²) >= 11 is 1.39. The first-order valence-corrected chi connectivity index (χ1v) is 9.24. The summed E-state index contributed by atoms with van der Waals surface area (Å²) in [5.41, 5.74) is 2.14. The van der Waals surface area contributed by atoms with Crippen molar-refractivity contribution in [3.8, 4) is 0 Å². The van der Waals surface area contributed by atoms with Crippen LogP contribution in [-0.4, -0.2) is 10.9 Å². The Kier molecular flexibility index (Phi) is 4.56. The first kappa shape index (κ1) is 17.2. The van der Waals surface area contributed by atoms with Crippen LogP contribution in [0.25, 0.3) is 11.0 Å². The molecule has 0 saturated carbocycles. The number of benzene rings is 2. The maximum absolute atomic E-state index is 12.5. The summed E-state index contributed by atoms with van der Waals surface area (Å²) < 4.78 is 5.21. The quantitative estimate of drug-likeness (QED) is 0.536. The molecule has 0 spiro atoms. The van der Waals surface area contributed by atoms with Gasteiger partial charge in [-0.05, 0) is 24.6 Å². The maximum atomic E-state index is 12.5. The molecule has 0 unspecified atom stereocenters. The molecule has 27 heavy (non-hydrogen) atoms. The second-order valence-electron chi connectivity index (χ2n) is 6.23. The number of hydrogen-bond donors (Lipinski definition) is 1. The molecule has 0 radical (unpaired) electrons. The summed E-state index contributed by atoms with van der Waals surface area (Å²) in [5.74, 6) is -0.522. The number of carbonyl (C=O) groups excluding carboxylic acids is 1. The van der Waals surface area contributed by atoms with Crippen LogP contribution >= 0.6 is 11.3 Å². The van der Waals surface area contributed by atoms with E-state index in [2.05, 4.69) is 34.6 Å². The number of rotatable bonds is 4. The predicted octanol–water partition coefficient (Wildman–Crippen LogP) is 4.40. The Morgan fingerprint density at radius 3 is 2.74 bits per heavy atom. The molecule has 5 nitrogen and oxygen atoms in total. The Morgan fingerprint density at radius 2 is 1.93 bits per heavy atom. The molecule has 4 aromatic rings. The summed E-state index contributed by atoms with van der Waals surface area (Å²) in [6.07, 6.45) is 2.48. The molecule has 2 heterocycles.